The molecule has 0 atom stereocenters. The van der Waals surface area contributed by atoms with E-state index in [1.54, 1.807) is 24.1 Å². The SMILES string of the molecule is CCN(CC)c1ccc2cc(-c3cn(-c4ccc(N5CCOCCOCCOCCOCC5)c(OC)c4)nn3)c(=O)oc2c1. The number of anilines is 2. The van der Waals surface area contributed by atoms with Gasteiger partial charge < -0.3 is 37.9 Å². The average Bonchev–Trinajstić information content (AvgIpc) is 3.53. The van der Waals surface area contributed by atoms with E-state index in [0.717, 1.165) is 35.5 Å². The molecule has 1 aliphatic rings. The molecule has 0 saturated carbocycles. The highest BCUT2D eigenvalue weighted by molar-refractivity contribution is 5.84. The van der Waals surface area contributed by atoms with Crippen molar-refractivity contribution in [2.45, 2.75) is 13.8 Å². The minimum absolute atomic E-state index is 0.347. The van der Waals surface area contributed by atoms with Gasteiger partial charge in [-0.1, -0.05) is 5.21 Å². The first-order valence-electron chi connectivity index (χ1n) is 15.1. The van der Waals surface area contributed by atoms with Crippen molar-refractivity contribution in [1.82, 2.24) is 15.0 Å². The maximum absolute atomic E-state index is 13.0. The number of ether oxygens (including phenoxy) is 5. The molecule has 0 bridgehead atoms. The number of hydrogen-bond acceptors (Lipinski definition) is 11. The quantitative estimate of drug-likeness (QED) is 0.286. The second-order valence-electron chi connectivity index (χ2n) is 10.2. The predicted molar refractivity (Wildman–Crippen MR) is 168 cm³/mol. The fourth-order valence-electron chi connectivity index (χ4n) is 5.11. The summed E-state index contributed by atoms with van der Waals surface area (Å²) >= 11 is 0. The van der Waals surface area contributed by atoms with Gasteiger partial charge in [0.05, 0.1) is 83.1 Å². The lowest BCUT2D eigenvalue weighted by Crippen LogP contribution is -2.32. The number of benzene rings is 2. The molecule has 2 aromatic heterocycles. The maximum atomic E-state index is 13.0. The van der Waals surface area contributed by atoms with Crippen molar-refractivity contribution in [1.29, 1.82) is 0 Å². The Bertz CT molecular complexity index is 1540. The van der Waals surface area contributed by atoms with E-state index in [4.69, 9.17) is 28.1 Å². The van der Waals surface area contributed by atoms with Crippen molar-refractivity contribution in [3.05, 3.63) is 59.1 Å². The molecular weight excluding hydrogens is 566 g/mol. The molecule has 0 unspecified atom stereocenters. The highest BCUT2D eigenvalue weighted by Crippen LogP contribution is 2.31. The van der Waals surface area contributed by atoms with E-state index >= 15 is 0 Å². The first-order valence-corrected chi connectivity index (χ1v) is 15.1. The second-order valence-corrected chi connectivity index (χ2v) is 10.2. The molecule has 4 aromatic rings. The van der Waals surface area contributed by atoms with Gasteiger partial charge in [-0.2, -0.15) is 0 Å². The maximum Gasteiger partial charge on any atom is 0.345 e. The molecule has 2 aromatic carbocycles. The molecule has 0 aliphatic carbocycles. The van der Waals surface area contributed by atoms with E-state index in [1.165, 1.54) is 0 Å². The summed E-state index contributed by atoms with van der Waals surface area (Å²) in [6.07, 6.45) is 1.72. The number of fused-ring (bicyclic) bond motifs is 1. The van der Waals surface area contributed by atoms with Gasteiger partial charge in [-0.25, -0.2) is 9.48 Å². The molecule has 0 spiro atoms. The zero-order valence-corrected chi connectivity index (χ0v) is 25.7. The standard InChI is InChI=1S/C32H41N5O7/c1-4-35(5-2)25-7-6-24-20-27(32(38)44-30(24)21-25)28-23-37(34-33-28)26-8-9-29(31(22-26)39-3)36-10-12-40-14-16-42-18-19-43-17-15-41-13-11-36/h6-9,20-23H,4-5,10-19H2,1-3H3. The Morgan fingerprint density at radius 1 is 0.841 bits per heavy atom. The molecule has 1 aliphatic heterocycles. The van der Waals surface area contributed by atoms with Crippen LogP contribution >= 0.6 is 0 Å². The van der Waals surface area contributed by atoms with Gasteiger partial charge in [0.15, 0.2) is 0 Å². The van der Waals surface area contributed by atoms with Crippen LogP contribution in [0.4, 0.5) is 11.4 Å². The lowest BCUT2D eigenvalue weighted by molar-refractivity contribution is 0.00206. The highest BCUT2D eigenvalue weighted by atomic mass is 16.6. The van der Waals surface area contributed by atoms with E-state index < -0.39 is 5.63 Å². The summed E-state index contributed by atoms with van der Waals surface area (Å²) < 4.78 is 35.8. The Labute approximate surface area is 257 Å². The van der Waals surface area contributed by atoms with Crippen LogP contribution < -0.4 is 20.2 Å². The Hall–Kier alpha value is -3.97. The molecule has 236 valence electrons. The molecule has 0 N–H and O–H groups in total. The van der Waals surface area contributed by atoms with E-state index in [9.17, 15) is 4.79 Å². The van der Waals surface area contributed by atoms with Crippen molar-refractivity contribution in [3.8, 4) is 22.7 Å². The lowest BCUT2D eigenvalue weighted by Gasteiger charge is -2.26. The molecule has 44 heavy (non-hydrogen) atoms. The zero-order valence-electron chi connectivity index (χ0n) is 25.7. The summed E-state index contributed by atoms with van der Waals surface area (Å²) in [6, 6.07) is 13.5. The van der Waals surface area contributed by atoms with Crippen LogP contribution in [0.25, 0.3) is 27.9 Å². The zero-order chi connectivity index (χ0) is 30.7. The van der Waals surface area contributed by atoms with Gasteiger partial charge in [0, 0.05) is 49.4 Å². The van der Waals surface area contributed by atoms with Gasteiger partial charge in [0.1, 0.15) is 17.0 Å². The number of aromatic nitrogens is 3. The van der Waals surface area contributed by atoms with Crippen LogP contribution in [0.1, 0.15) is 13.8 Å². The molecule has 5 rings (SSSR count). The van der Waals surface area contributed by atoms with E-state index in [-0.39, 0.29) is 0 Å². The van der Waals surface area contributed by atoms with Crippen LogP contribution in [0.5, 0.6) is 5.75 Å². The van der Waals surface area contributed by atoms with Crippen LogP contribution in [0.3, 0.4) is 0 Å². The summed E-state index contributed by atoms with van der Waals surface area (Å²) in [6.45, 7) is 11.4. The minimum Gasteiger partial charge on any atom is -0.495 e. The van der Waals surface area contributed by atoms with E-state index in [1.807, 2.05) is 36.4 Å². The van der Waals surface area contributed by atoms with Crippen LogP contribution in [0, 0.1) is 0 Å². The lowest BCUT2D eigenvalue weighted by atomic mass is 10.1. The topological polar surface area (TPSA) is 114 Å². The molecule has 12 nitrogen and oxygen atoms in total. The molecule has 0 amide bonds. The highest BCUT2D eigenvalue weighted by Gasteiger charge is 2.17. The van der Waals surface area contributed by atoms with Crippen molar-refractivity contribution >= 4 is 22.3 Å². The van der Waals surface area contributed by atoms with Crippen LogP contribution in [-0.4, -0.2) is 101 Å². The number of hydrogen-bond donors (Lipinski definition) is 0. The second kappa shape index (κ2) is 15.7. The number of rotatable bonds is 7. The first-order chi connectivity index (χ1) is 21.6. The third-order valence-corrected chi connectivity index (χ3v) is 7.51. The Morgan fingerprint density at radius 3 is 2.14 bits per heavy atom. The Morgan fingerprint density at radius 2 is 1.50 bits per heavy atom. The van der Waals surface area contributed by atoms with E-state index in [2.05, 4.69) is 34.0 Å². The summed E-state index contributed by atoms with van der Waals surface area (Å²) in [5.41, 5.74) is 3.49. The summed E-state index contributed by atoms with van der Waals surface area (Å²) in [4.78, 5) is 17.4. The van der Waals surface area contributed by atoms with Crippen LogP contribution in [-0.2, 0) is 18.9 Å². The minimum atomic E-state index is -0.464. The fraction of sp³-hybridized carbons (Fsp3) is 0.469. The summed E-state index contributed by atoms with van der Waals surface area (Å²) in [5, 5.41) is 9.41. The van der Waals surface area contributed by atoms with Gasteiger partial charge in [-0.15, -0.1) is 5.10 Å². The van der Waals surface area contributed by atoms with Crippen molar-refractivity contribution in [2.24, 2.45) is 0 Å². The van der Waals surface area contributed by atoms with Crippen LogP contribution in [0.2, 0.25) is 0 Å². The predicted octanol–water partition coefficient (Wildman–Crippen LogP) is 3.78. The van der Waals surface area contributed by atoms with Gasteiger partial charge >= 0.3 is 5.63 Å². The van der Waals surface area contributed by atoms with Gasteiger partial charge in [0.25, 0.3) is 0 Å². The van der Waals surface area contributed by atoms with Crippen molar-refractivity contribution < 1.29 is 28.1 Å². The van der Waals surface area contributed by atoms with Crippen molar-refractivity contribution in [2.75, 3.05) is 95.9 Å². The smallest absolute Gasteiger partial charge is 0.345 e. The summed E-state index contributed by atoms with van der Waals surface area (Å²) in [5.74, 6) is 0.665. The molecule has 0 radical (unpaired) electrons. The van der Waals surface area contributed by atoms with Gasteiger partial charge in [-0.3, -0.25) is 0 Å². The molecule has 12 heteroatoms. The largest absolute Gasteiger partial charge is 0.495 e. The molecular formula is C32H41N5O7. The monoisotopic (exact) mass is 607 g/mol. The number of nitrogens with zero attached hydrogens (tertiary/aromatic N) is 5. The summed E-state index contributed by atoms with van der Waals surface area (Å²) in [7, 11) is 1.64. The molecule has 3 heterocycles. The first kappa shape index (κ1) is 31.5. The number of methoxy groups -OCH3 is 1. The van der Waals surface area contributed by atoms with Gasteiger partial charge in [0.2, 0.25) is 0 Å². The fourth-order valence-corrected chi connectivity index (χ4v) is 5.11. The normalized spacial score (nSPS) is 15.9. The van der Waals surface area contributed by atoms with Crippen LogP contribution in [0.15, 0.2) is 57.9 Å². The molecule has 1 saturated heterocycles. The average molecular weight is 608 g/mol. The van der Waals surface area contributed by atoms with Gasteiger partial charge in [-0.05, 0) is 44.2 Å². The van der Waals surface area contributed by atoms with Crippen molar-refractivity contribution in [3.63, 3.8) is 0 Å². The van der Waals surface area contributed by atoms with E-state index in [0.29, 0.717) is 88.5 Å². The molecule has 1 fully saturated rings. The third-order valence-electron chi connectivity index (χ3n) is 7.51. The Kier molecular flexibility index (Phi) is 11.2. The third kappa shape index (κ3) is 7.75. The Balaban J connectivity index is 1.35.